The van der Waals surface area contributed by atoms with E-state index in [-0.39, 0.29) is 18.1 Å². The largest absolute Gasteiger partial charge is 0.381 e. The van der Waals surface area contributed by atoms with Crippen LogP contribution >= 0.6 is 0 Å². The van der Waals surface area contributed by atoms with Gasteiger partial charge in [-0.2, -0.15) is 0 Å². The molecule has 2 saturated carbocycles. The molecule has 0 radical (unpaired) electrons. The Morgan fingerprint density at radius 3 is 2.26 bits per heavy atom. The van der Waals surface area contributed by atoms with Crippen molar-refractivity contribution in [2.24, 2.45) is 17.8 Å². The number of likely N-dealkylation sites (tertiary alicyclic amines) is 1. The van der Waals surface area contributed by atoms with Crippen LogP contribution in [-0.2, 0) is 9.53 Å². The number of carbonyl (C=O) groups excluding carboxylic acids is 1. The standard InChI is InChI=1S/C24H45N5O2/c1-31-22-10-6-18(7-11-22)20-16-26-24(27-17-20)28-21-8-4-19(5-9-21)23(30)25-12-15-29-13-2-3-14-29/h18-22,24,26-28H,2-17H2,1H3,(H,25,30). The van der Waals surface area contributed by atoms with Crippen LogP contribution in [0.1, 0.15) is 64.2 Å². The molecule has 4 rings (SSSR count). The zero-order valence-corrected chi connectivity index (χ0v) is 19.5. The van der Waals surface area contributed by atoms with Gasteiger partial charge >= 0.3 is 0 Å². The maximum Gasteiger partial charge on any atom is 0.223 e. The van der Waals surface area contributed by atoms with Crippen LogP contribution in [0.5, 0.6) is 0 Å². The van der Waals surface area contributed by atoms with Gasteiger partial charge in [0.05, 0.1) is 6.10 Å². The van der Waals surface area contributed by atoms with E-state index in [1.807, 2.05) is 7.11 Å². The van der Waals surface area contributed by atoms with Crippen molar-refractivity contribution in [3.8, 4) is 0 Å². The Morgan fingerprint density at radius 1 is 0.935 bits per heavy atom. The Labute approximate surface area is 188 Å². The molecule has 2 saturated heterocycles. The number of amides is 1. The molecule has 0 aromatic heterocycles. The van der Waals surface area contributed by atoms with Crippen molar-refractivity contribution < 1.29 is 9.53 Å². The first kappa shape index (κ1) is 23.4. The summed E-state index contributed by atoms with van der Waals surface area (Å²) in [5, 5.41) is 14.3. The molecular formula is C24H45N5O2. The summed E-state index contributed by atoms with van der Waals surface area (Å²) >= 11 is 0. The van der Waals surface area contributed by atoms with Gasteiger partial charge < -0.3 is 15.0 Å². The fraction of sp³-hybridized carbons (Fsp3) is 0.958. The Kier molecular flexibility index (Phi) is 9.02. The summed E-state index contributed by atoms with van der Waals surface area (Å²) in [6.07, 6.45) is 12.5. The smallest absolute Gasteiger partial charge is 0.223 e. The second kappa shape index (κ2) is 11.9. The van der Waals surface area contributed by atoms with Crippen LogP contribution in [-0.4, -0.2) is 75.6 Å². The fourth-order valence-corrected chi connectivity index (χ4v) is 6.18. The first-order valence-electron chi connectivity index (χ1n) is 13.0. The van der Waals surface area contributed by atoms with E-state index in [0.717, 1.165) is 63.7 Å². The van der Waals surface area contributed by atoms with Crippen LogP contribution in [0, 0.1) is 17.8 Å². The van der Waals surface area contributed by atoms with Gasteiger partial charge in [0.2, 0.25) is 5.91 Å². The molecule has 2 aliphatic heterocycles. The highest BCUT2D eigenvalue weighted by atomic mass is 16.5. The molecule has 2 aliphatic carbocycles. The van der Waals surface area contributed by atoms with Gasteiger partial charge in [0, 0.05) is 45.2 Å². The van der Waals surface area contributed by atoms with E-state index in [0.29, 0.717) is 12.1 Å². The molecule has 4 aliphatic rings. The molecule has 2 heterocycles. The second-order valence-electron chi connectivity index (χ2n) is 10.3. The van der Waals surface area contributed by atoms with Crippen LogP contribution in [0.25, 0.3) is 0 Å². The van der Waals surface area contributed by atoms with Crippen LogP contribution < -0.4 is 21.3 Å². The highest BCUT2D eigenvalue weighted by Gasteiger charge is 2.32. The summed E-state index contributed by atoms with van der Waals surface area (Å²) in [6, 6.07) is 0.507. The molecule has 0 unspecified atom stereocenters. The van der Waals surface area contributed by atoms with Gasteiger partial charge in [-0.3, -0.25) is 20.7 Å². The van der Waals surface area contributed by atoms with Crippen LogP contribution in [0.4, 0.5) is 0 Å². The van der Waals surface area contributed by atoms with E-state index in [1.54, 1.807) is 0 Å². The summed E-state index contributed by atoms with van der Waals surface area (Å²) in [5.74, 6) is 2.04. The fourth-order valence-electron chi connectivity index (χ4n) is 6.18. The summed E-state index contributed by atoms with van der Waals surface area (Å²) in [4.78, 5) is 15.0. The van der Waals surface area contributed by atoms with Crippen molar-refractivity contribution in [3.05, 3.63) is 0 Å². The second-order valence-corrected chi connectivity index (χ2v) is 10.3. The Balaban J connectivity index is 1.08. The Hall–Kier alpha value is -0.730. The topological polar surface area (TPSA) is 77.7 Å². The molecule has 7 heteroatoms. The molecule has 178 valence electrons. The molecule has 4 N–H and O–H groups in total. The minimum absolute atomic E-state index is 0.204. The number of methoxy groups -OCH3 is 1. The molecule has 7 nitrogen and oxygen atoms in total. The van der Waals surface area contributed by atoms with Gasteiger partial charge in [-0.1, -0.05) is 0 Å². The summed E-state index contributed by atoms with van der Waals surface area (Å²) in [6.45, 7) is 6.42. The number of nitrogens with one attached hydrogen (secondary N) is 4. The summed E-state index contributed by atoms with van der Waals surface area (Å²) in [5.41, 5.74) is 0. The van der Waals surface area contributed by atoms with Gasteiger partial charge in [-0.15, -0.1) is 0 Å². The average molecular weight is 436 g/mol. The minimum Gasteiger partial charge on any atom is -0.381 e. The van der Waals surface area contributed by atoms with Crippen LogP contribution in [0.15, 0.2) is 0 Å². The maximum atomic E-state index is 12.5. The van der Waals surface area contributed by atoms with Crippen molar-refractivity contribution in [2.75, 3.05) is 46.4 Å². The van der Waals surface area contributed by atoms with Crippen molar-refractivity contribution >= 4 is 5.91 Å². The Bertz CT molecular complexity index is 532. The molecule has 0 aromatic rings. The monoisotopic (exact) mass is 435 g/mol. The lowest BCUT2D eigenvalue weighted by Crippen LogP contribution is -2.63. The number of nitrogens with zero attached hydrogens (tertiary/aromatic N) is 1. The van der Waals surface area contributed by atoms with E-state index < -0.39 is 0 Å². The third kappa shape index (κ3) is 6.87. The zero-order chi connectivity index (χ0) is 21.5. The molecule has 31 heavy (non-hydrogen) atoms. The van der Waals surface area contributed by atoms with Crippen LogP contribution in [0.2, 0.25) is 0 Å². The lowest BCUT2D eigenvalue weighted by Gasteiger charge is -2.40. The van der Waals surface area contributed by atoms with Gasteiger partial charge in [0.1, 0.15) is 6.29 Å². The van der Waals surface area contributed by atoms with E-state index in [9.17, 15) is 4.79 Å². The first-order chi connectivity index (χ1) is 15.2. The quantitative estimate of drug-likeness (QED) is 0.464. The first-order valence-corrected chi connectivity index (χ1v) is 13.0. The number of carbonyl (C=O) groups is 1. The van der Waals surface area contributed by atoms with Gasteiger partial charge in [0.15, 0.2) is 0 Å². The predicted molar refractivity (Wildman–Crippen MR) is 124 cm³/mol. The van der Waals surface area contributed by atoms with E-state index in [4.69, 9.17) is 4.74 Å². The predicted octanol–water partition coefficient (Wildman–Crippen LogP) is 1.64. The summed E-state index contributed by atoms with van der Waals surface area (Å²) < 4.78 is 5.52. The normalized spacial score (nSPS) is 37.6. The van der Waals surface area contributed by atoms with Crippen molar-refractivity contribution in [1.82, 2.24) is 26.2 Å². The SMILES string of the molecule is COC1CCC(C2CNC(NC3CCC(C(=O)NCCN4CCCC4)CC3)NC2)CC1. The zero-order valence-electron chi connectivity index (χ0n) is 19.5. The number of hydrogen-bond donors (Lipinski definition) is 4. The maximum absolute atomic E-state index is 12.5. The van der Waals surface area contributed by atoms with E-state index in [1.165, 1.54) is 51.6 Å². The molecular weight excluding hydrogens is 390 g/mol. The number of rotatable bonds is 8. The molecule has 4 fully saturated rings. The lowest BCUT2D eigenvalue weighted by molar-refractivity contribution is -0.126. The average Bonchev–Trinajstić information content (AvgIpc) is 3.34. The van der Waals surface area contributed by atoms with Crippen molar-refractivity contribution in [2.45, 2.75) is 82.6 Å². The molecule has 0 spiro atoms. The minimum atomic E-state index is 0.204. The Morgan fingerprint density at radius 2 is 1.61 bits per heavy atom. The third-order valence-corrected chi connectivity index (χ3v) is 8.31. The highest BCUT2D eigenvalue weighted by Crippen LogP contribution is 2.32. The molecule has 0 atom stereocenters. The third-order valence-electron chi connectivity index (χ3n) is 8.31. The van der Waals surface area contributed by atoms with E-state index >= 15 is 0 Å². The number of ether oxygens (including phenoxy) is 1. The molecule has 0 bridgehead atoms. The van der Waals surface area contributed by atoms with E-state index in [2.05, 4.69) is 26.2 Å². The highest BCUT2D eigenvalue weighted by molar-refractivity contribution is 5.78. The molecule has 0 aromatic carbocycles. The number of hydrogen-bond acceptors (Lipinski definition) is 6. The molecule has 1 amide bonds. The van der Waals surface area contributed by atoms with Crippen molar-refractivity contribution in [3.63, 3.8) is 0 Å². The van der Waals surface area contributed by atoms with Gasteiger partial charge in [0.25, 0.3) is 0 Å². The van der Waals surface area contributed by atoms with Crippen LogP contribution in [0.3, 0.4) is 0 Å². The van der Waals surface area contributed by atoms with Crippen molar-refractivity contribution in [1.29, 1.82) is 0 Å². The van der Waals surface area contributed by atoms with Gasteiger partial charge in [-0.25, -0.2) is 0 Å². The lowest BCUT2D eigenvalue weighted by atomic mass is 9.78. The van der Waals surface area contributed by atoms with Gasteiger partial charge in [-0.05, 0) is 89.1 Å². The summed E-state index contributed by atoms with van der Waals surface area (Å²) in [7, 11) is 1.85.